The molecular formula is C22H19N3O2. The molecule has 0 spiro atoms. The van der Waals surface area contributed by atoms with Crippen molar-refractivity contribution in [3.05, 3.63) is 77.2 Å². The number of carboxylic acid groups (broad SMARTS) is 1. The molecule has 0 saturated carbocycles. The maximum Gasteiger partial charge on any atom is 0.338 e. The molecule has 2 aromatic carbocycles. The molecule has 0 amide bonds. The Morgan fingerprint density at radius 1 is 1.15 bits per heavy atom. The molecule has 0 aliphatic rings. The van der Waals surface area contributed by atoms with Crippen molar-refractivity contribution in [2.75, 3.05) is 7.05 Å². The molecule has 5 nitrogen and oxygen atoms in total. The second-order valence-corrected chi connectivity index (χ2v) is 6.37. The van der Waals surface area contributed by atoms with Gasteiger partial charge in [0, 0.05) is 29.2 Å². The molecule has 2 aromatic heterocycles. The van der Waals surface area contributed by atoms with Crippen LogP contribution in [0.15, 0.2) is 54.7 Å². The molecule has 0 aliphatic heterocycles. The Labute approximate surface area is 156 Å². The lowest BCUT2D eigenvalue weighted by molar-refractivity contribution is 0.0698. The molecule has 0 bridgehead atoms. The number of hydrogen-bond donors (Lipinski definition) is 3. The number of benzene rings is 2. The molecule has 0 atom stereocenters. The van der Waals surface area contributed by atoms with Gasteiger partial charge in [0.05, 0.1) is 16.8 Å². The number of nitrogens with one attached hydrogen (secondary N) is 2. The monoisotopic (exact) mass is 357 g/mol. The highest BCUT2D eigenvalue weighted by Crippen LogP contribution is 2.30. The molecule has 4 rings (SSSR count). The summed E-state index contributed by atoms with van der Waals surface area (Å²) in [6.45, 7) is 0.414. The SMILES string of the molecule is CNCc1nc2c(ccc3c[nH]c(C=Cc4ccccc4)cc32)c1C(=O)O. The third-order valence-corrected chi connectivity index (χ3v) is 4.56. The zero-order valence-electron chi connectivity index (χ0n) is 14.9. The molecule has 0 radical (unpaired) electrons. The molecule has 2 heterocycles. The summed E-state index contributed by atoms with van der Waals surface area (Å²) in [4.78, 5) is 19.7. The van der Waals surface area contributed by atoms with E-state index in [0.717, 1.165) is 27.5 Å². The quantitative estimate of drug-likeness (QED) is 0.497. The number of carbonyl (C=O) groups is 1. The number of carboxylic acids is 1. The first-order valence-electron chi connectivity index (χ1n) is 8.72. The van der Waals surface area contributed by atoms with Gasteiger partial charge in [0.25, 0.3) is 0 Å². The van der Waals surface area contributed by atoms with Gasteiger partial charge in [-0.25, -0.2) is 9.78 Å². The van der Waals surface area contributed by atoms with Crippen LogP contribution in [0.2, 0.25) is 0 Å². The van der Waals surface area contributed by atoms with E-state index in [2.05, 4.69) is 15.3 Å². The lowest BCUT2D eigenvalue weighted by Gasteiger charge is -2.03. The average Bonchev–Trinajstić information content (AvgIpc) is 3.06. The van der Waals surface area contributed by atoms with Crippen LogP contribution in [-0.2, 0) is 6.54 Å². The number of rotatable bonds is 5. The zero-order valence-corrected chi connectivity index (χ0v) is 14.9. The summed E-state index contributed by atoms with van der Waals surface area (Å²) < 4.78 is 0. The summed E-state index contributed by atoms with van der Waals surface area (Å²) in [5, 5.41) is 15.2. The van der Waals surface area contributed by atoms with Gasteiger partial charge in [-0.3, -0.25) is 0 Å². The van der Waals surface area contributed by atoms with Crippen molar-refractivity contribution in [2.45, 2.75) is 6.54 Å². The number of H-pyrrole nitrogens is 1. The summed E-state index contributed by atoms with van der Waals surface area (Å²) in [7, 11) is 1.78. The standard InChI is InChI=1S/C22H19N3O2/c1-23-13-19-20(22(26)27)17-10-8-15-12-24-16(11-18(15)21(17)25-19)9-7-14-5-3-2-4-6-14/h2-12,23-24H,13H2,1H3,(H,26,27). The Bertz CT molecular complexity index is 1160. The minimum absolute atomic E-state index is 0.274. The van der Waals surface area contributed by atoms with Crippen LogP contribution in [0, 0.1) is 0 Å². The summed E-state index contributed by atoms with van der Waals surface area (Å²) >= 11 is 0. The number of fused-ring (bicyclic) bond motifs is 3. The van der Waals surface area contributed by atoms with E-state index in [9.17, 15) is 9.90 Å². The largest absolute Gasteiger partial charge is 0.478 e. The smallest absolute Gasteiger partial charge is 0.338 e. The fourth-order valence-electron chi connectivity index (χ4n) is 3.31. The molecule has 5 heteroatoms. The molecule has 27 heavy (non-hydrogen) atoms. The van der Waals surface area contributed by atoms with Gasteiger partial charge >= 0.3 is 5.97 Å². The minimum atomic E-state index is -0.950. The van der Waals surface area contributed by atoms with Crippen LogP contribution in [0.25, 0.3) is 33.8 Å². The first-order chi connectivity index (χ1) is 13.2. The van der Waals surface area contributed by atoms with E-state index in [0.29, 0.717) is 17.6 Å². The van der Waals surface area contributed by atoms with Gasteiger partial charge in [-0.05, 0) is 30.1 Å². The molecule has 4 aromatic rings. The van der Waals surface area contributed by atoms with E-state index in [4.69, 9.17) is 0 Å². The second kappa shape index (κ2) is 7.05. The molecule has 0 unspecified atom stereocenters. The Balaban J connectivity index is 1.86. The third kappa shape index (κ3) is 3.20. The molecule has 134 valence electrons. The van der Waals surface area contributed by atoms with Crippen LogP contribution in [0.1, 0.15) is 27.3 Å². The highest BCUT2D eigenvalue weighted by atomic mass is 16.4. The lowest BCUT2D eigenvalue weighted by Crippen LogP contribution is -2.09. The first-order valence-corrected chi connectivity index (χ1v) is 8.72. The number of aromatic amines is 1. The molecule has 0 fully saturated rings. The maximum absolute atomic E-state index is 11.7. The molecular weight excluding hydrogens is 338 g/mol. The molecule has 0 aliphatic carbocycles. The Morgan fingerprint density at radius 3 is 2.70 bits per heavy atom. The number of aromatic carboxylic acids is 1. The van der Waals surface area contributed by atoms with Crippen molar-refractivity contribution in [1.82, 2.24) is 15.3 Å². The Morgan fingerprint density at radius 2 is 1.96 bits per heavy atom. The van der Waals surface area contributed by atoms with Crippen LogP contribution in [-0.4, -0.2) is 28.1 Å². The van der Waals surface area contributed by atoms with Crippen molar-refractivity contribution in [2.24, 2.45) is 0 Å². The van der Waals surface area contributed by atoms with Crippen LogP contribution in [0.4, 0.5) is 0 Å². The van der Waals surface area contributed by atoms with E-state index >= 15 is 0 Å². The summed E-state index contributed by atoms with van der Waals surface area (Å²) in [6.07, 6.45) is 5.96. The van der Waals surface area contributed by atoms with Gasteiger partial charge in [-0.2, -0.15) is 0 Å². The molecule has 3 N–H and O–H groups in total. The Hall–Kier alpha value is -3.44. The normalized spacial score (nSPS) is 11.6. The number of hydrogen-bond acceptors (Lipinski definition) is 3. The van der Waals surface area contributed by atoms with Crippen LogP contribution >= 0.6 is 0 Å². The van der Waals surface area contributed by atoms with Crippen molar-refractivity contribution in [3.8, 4) is 0 Å². The van der Waals surface area contributed by atoms with Crippen molar-refractivity contribution < 1.29 is 9.90 Å². The van der Waals surface area contributed by atoms with Crippen molar-refractivity contribution in [1.29, 1.82) is 0 Å². The van der Waals surface area contributed by atoms with Crippen LogP contribution < -0.4 is 5.32 Å². The van der Waals surface area contributed by atoms with Gasteiger partial charge in [0.1, 0.15) is 0 Å². The lowest BCUT2D eigenvalue weighted by atomic mass is 10.1. The minimum Gasteiger partial charge on any atom is -0.478 e. The number of nitrogens with zero attached hydrogens (tertiary/aromatic N) is 1. The maximum atomic E-state index is 11.7. The second-order valence-electron chi connectivity index (χ2n) is 6.37. The van der Waals surface area contributed by atoms with Gasteiger partial charge < -0.3 is 15.4 Å². The summed E-state index contributed by atoms with van der Waals surface area (Å²) in [5.41, 5.74) is 3.59. The number of aromatic nitrogens is 2. The van der Waals surface area contributed by atoms with E-state index in [1.807, 2.05) is 66.9 Å². The zero-order chi connectivity index (χ0) is 18.8. The van der Waals surface area contributed by atoms with E-state index < -0.39 is 5.97 Å². The van der Waals surface area contributed by atoms with E-state index in [-0.39, 0.29) is 5.56 Å². The van der Waals surface area contributed by atoms with Crippen LogP contribution in [0.5, 0.6) is 0 Å². The first kappa shape index (κ1) is 17.0. The van der Waals surface area contributed by atoms with Gasteiger partial charge in [-0.15, -0.1) is 0 Å². The fraction of sp³-hybridized carbons (Fsp3) is 0.0909. The van der Waals surface area contributed by atoms with E-state index in [1.165, 1.54) is 0 Å². The summed E-state index contributed by atoms with van der Waals surface area (Å²) in [6, 6.07) is 15.8. The fourth-order valence-corrected chi connectivity index (χ4v) is 3.31. The van der Waals surface area contributed by atoms with Crippen molar-refractivity contribution >= 4 is 39.8 Å². The topological polar surface area (TPSA) is 78.0 Å². The number of pyridine rings is 1. The molecule has 0 saturated heterocycles. The van der Waals surface area contributed by atoms with Crippen molar-refractivity contribution in [3.63, 3.8) is 0 Å². The highest BCUT2D eigenvalue weighted by molar-refractivity contribution is 6.13. The predicted molar refractivity (Wildman–Crippen MR) is 109 cm³/mol. The average molecular weight is 357 g/mol. The predicted octanol–water partition coefficient (Wildman–Crippen LogP) is 4.30. The summed E-state index contributed by atoms with van der Waals surface area (Å²) in [5.74, 6) is -0.950. The third-order valence-electron chi connectivity index (χ3n) is 4.56. The van der Waals surface area contributed by atoms with Gasteiger partial charge in [0.15, 0.2) is 0 Å². The van der Waals surface area contributed by atoms with Gasteiger partial charge in [0.2, 0.25) is 0 Å². The Kier molecular flexibility index (Phi) is 4.44. The van der Waals surface area contributed by atoms with E-state index in [1.54, 1.807) is 7.05 Å². The van der Waals surface area contributed by atoms with Crippen LogP contribution in [0.3, 0.4) is 0 Å². The van der Waals surface area contributed by atoms with Gasteiger partial charge in [-0.1, -0.05) is 48.5 Å². The highest BCUT2D eigenvalue weighted by Gasteiger charge is 2.19.